The molecule has 0 bridgehead atoms. The molecule has 0 spiro atoms. The van der Waals surface area contributed by atoms with Crippen molar-refractivity contribution in [2.45, 2.75) is 6.92 Å². The standard InChI is InChI=1S/C17H17N3O5/c1-11-4-5-12(8-15(11)20(22)23)10-18-19-17(21)14-7-6-13(24-2)9-16(14)25-3/h4-10H,1-3H3,(H,19,21)/b18-10-. The largest absolute Gasteiger partial charge is 0.497 e. The first-order valence-electron chi connectivity index (χ1n) is 7.26. The van der Waals surface area contributed by atoms with Crippen molar-refractivity contribution < 1.29 is 19.2 Å². The summed E-state index contributed by atoms with van der Waals surface area (Å²) in [5, 5.41) is 14.8. The molecule has 25 heavy (non-hydrogen) atoms. The van der Waals surface area contributed by atoms with Gasteiger partial charge in [0.25, 0.3) is 11.6 Å². The van der Waals surface area contributed by atoms with Crippen LogP contribution >= 0.6 is 0 Å². The lowest BCUT2D eigenvalue weighted by Gasteiger charge is -2.08. The molecule has 0 fully saturated rings. The monoisotopic (exact) mass is 343 g/mol. The summed E-state index contributed by atoms with van der Waals surface area (Å²) in [6.07, 6.45) is 1.33. The minimum absolute atomic E-state index is 0.00731. The summed E-state index contributed by atoms with van der Waals surface area (Å²) in [7, 11) is 2.96. The molecule has 2 rings (SSSR count). The molecule has 0 radical (unpaired) electrons. The van der Waals surface area contributed by atoms with Crippen LogP contribution in [0.15, 0.2) is 41.5 Å². The van der Waals surface area contributed by atoms with E-state index in [2.05, 4.69) is 10.5 Å². The molecular formula is C17H17N3O5. The van der Waals surface area contributed by atoms with E-state index in [-0.39, 0.29) is 11.3 Å². The molecule has 0 aromatic heterocycles. The van der Waals surface area contributed by atoms with E-state index >= 15 is 0 Å². The van der Waals surface area contributed by atoms with Gasteiger partial charge in [0.05, 0.1) is 30.9 Å². The maximum atomic E-state index is 12.2. The third-order valence-electron chi connectivity index (χ3n) is 3.46. The molecule has 1 amide bonds. The zero-order valence-corrected chi connectivity index (χ0v) is 14.0. The first-order chi connectivity index (χ1) is 12.0. The Labute approximate surface area is 144 Å². The number of amides is 1. The maximum absolute atomic E-state index is 12.2. The van der Waals surface area contributed by atoms with E-state index in [1.165, 1.54) is 26.5 Å². The number of nitro groups is 1. The number of ether oxygens (including phenoxy) is 2. The number of nitrogens with zero attached hydrogens (tertiary/aromatic N) is 2. The van der Waals surface area contributed by atoms with Crippen molar-refractivity contribution in [3.63, 3.8) is 0 Å². The number of aryl methyl sites for hydroxylation is 1. The van der Waals surface area contributed by atoms with Crippen LogP contribution in [0.4, 0.5) is 5.69 Å². The van der Waals surface area contributed by atoms with Crippen molar-refractivity contribution in [3.8, 4) is 11.5 Å². The summed E-state index contributed by atoms with van der Waals surface area (Å²) in [4.78, 5) is 22.7. The van der Waals surface area contributed by atoms with Crippen LogP contribution in [0, 0.1) is 17.0 Å². The number of carbonyl (C=O) groups excluding carboxylic acids is 1. The van der Waals surface area contributed by atoms with Gasteiger partial charge in [-0.05, 0) is 19.1 Å². The molecule has 0 aliphatic carbocycles. The average molecular weight is 343 g/mol. The van der Waals surface area contributed by atoms with Gasteiger partial charge < -0.3 is 9.47 Å². The average Bonchev–Trinajstić information content (AvgIpc) is 2.62. The van der Waals surface area contributed by atoms with E-state index in [0.717, 1.165) is 0 Å². The minimum Gasteiger partial charge on any atom is -0.497 e. The van der Waals surface area contributed by atoms with Crippen molar-refractivity contribution in [1.29, 1.82) is 0 Å². The van der Waals surface area contributed by atoms with Crippen molar-refractivity contribution in [2.24, 2.45) is 5.10 Å². The molecule has 8 nitrogen and oxygen atoms in total. The number of hydrogen-bond acceptors (Lipinski definition) is 6. The highest BCUT2D eigenvalue weighted by Crippen LogP contribution is 2.24. The first kappa shape index (κ1) is 17.9. The van der Waals surface area contributed by atoms with E-state index < -0.39 is 10.8 Å². The molecule has 0 aliphatic rings. The quantitative estimate of drug-likeness (QED) is 0.493. The molecule has 0 saturated carbocycles. The SMILES string of the molecule is COc1ccc(C(=O)N/N=C\c2ccc(C)c([N+](=O)[O-])c2)c(OC)c1. The molecule has 2 aromatic carbocycles. The Kier molecular flexibility index (Phi) is 5.67. The van der Waals surface area contributed by atoms with Gasteiger partial charge in [-0.25, -0.2) is 5.43 Å². The third-order valence-corrected chi connectivity index (χ3v) is 3.46. The Morgan fingerprint density at radius 1 is 1.20 bits per heavy atom. The normalized spacial score (nSPS) is 10.5. The Balaban J connectivity index is 2.13. The zero-order valence-electron chi connectivity index (χ0n) is 14.0. The van der Waals surface area contributed by atoms with Crippen LogP contribution in [0.3, 0.4) is 0 Å². The number of methoxy groups -OCH3 is 2. The second-order valence-electron chi connectivity index (χ2n) is 5.07. The second-order valence-corrected chi connectivity index (χ2v) is 5.07. The van der Waals surface area contributed by atoms with E-state index in [4.69, 9.17) is 9.47 Å². The first-order valence-corrected chi connectivity index (χ1v) is 7.26. The molecule has 0 atom stereocenters. The van der Waals surface area contributed by atoms with E-state index in [1.54, 1.807) is 37.3 Å². The summed E-state index contributed by atoms with van der Waals surface area (Å²) >= 11 is 0. The van der Waals surface area contributed by atoms with Gasteiger partial charge in [-0.1, -0.05) is 12.1 Å². The Bertz CT molecular complexity index is 833. The number of nitrogens with one attached hydrogen (secondary N) is 1. The highest BCUT2D eigenvalue weighted by atomic mass is 16.6. The van der Waals surface area contributed by atoms with Gasteiger partial charge in [-0.15, -0.1) is 0 Å². The molecule has 0 unspecified atom stereocenters. The zero-order chi connectivity index (χ0) is 18.4. The topological polar surface area (TPSA) is 103 Å². The molecule has 0 aliphatic heterocycles. The predicted molar refractivity (Wildman–Crippen MR) is 92.4 cm³/mol. The smallest absolute Gasteiger partial charge is 0.275 e. The third kappa shape index (κ3) is 4.31. The fourth-order valence-corrected chi connectivity index (χ4v) is 2.12. The van der Waals surface area contributed by atoms with Crippen LogP contribution in [-0.4, -0.2) is 31.3 Å². The molecule has 8 heteroatoms. The maximum Gasteiger partial charge on any atom is 0.275 e. The fourth-order valence-electron chi connectivity index (χ4n) is 2.12. The highest BCUT2D eigenvalue weighted by Gasteiger charge is 2.13. The number of hydrogen-bond donors (Lipinski definition) is 1. The molecule has 2 aromatic rings. The van der Waals surface area contributed by atoms with Crippen LogP contribution in [-0.2, 0) is 0 Å². The molecule has 0 saturated heterocycles. The van der Waals surface area contributed by atoms with Crippen LogP contribution in [0.1, 0.15) is 21.5 Å². The Hall–Kier alpha value is -3.42. The van der Waals surface area contributed by atoms with Crippen molar-refractivity contribution >= 4 is 17.8 Å². The van der Waals surface area contributed by atoms with Crippen LogP contribution in [0.2, 0.25) is 0 Å². The number of rotatable bonds is 6. The van der Waals surface area contributed by atoms with Gasteiger partial charge in [0, 0.05) is 23.3 Å². The Morgan fingerprint density at radius 2 is 1.96 bits per heavy atom. The number of benzene rings is 2. The summed E-state index contributed by atoms with van der Waals surface area (Å²) in [6.45, 7) is 1.65. The summed E-state index contributed by atoms with van der Waals surface area (Å²) in [6, 6.07) is 9.45. The van der Waals surface area contributed by atoms with Gasteiger partial charge in [-0.3, -0.25) is 14.9 Å². The molecule has 0 heterocycles. The minimum atomic E-state index is -0.475. The van der Waals surface area contributed by atoms with E-state index in [1.807, 2.05) is 0 Å². The highest BCUT2D eigenvalue weighted by molar-refractivity contribution is 5.97. The molecular weight excluding hydrogens is 326 g/mol. The predicted octanol–water partition coefficient (Wildman–Crippen LogP) is 2.68. The van der Waals surface area contributed by atoms with Gasteiger partial charge >= 0.3 is 0 Å². The summed E-state index contributed by atoms with van der Waals surface area (Å²) < 4.78 is 10.2. The summed E-state index contributed by atoms with van der Waals surface area (Å²) in [5.74, 6) is 0.430. The lowest BCUT2D eigenvalue weighted by Crippen LogP contribution is -2.18. The van der Waals surface area contributed by atoms with Gasteiger partial charge in [0.15, 0.2) is 0 Å². The second kappa shape index (κ2) is 7.91. The van der Waals surface area contributed by atoms with Gasteiger partial charge in [0.1, 0.15) is 11.5 Å². The van der Waals surface area contributed by atoms with Crippen molar-refractivity contribution in [3.05, 3.63) is 63.2 Å². The van der Waals surface area contributed by atoms with Crippen molar-refractivity contribution in [2.75, 3.05) is 14.2 Å². The number of nitro benzene ring substituents is 1. The Morgan fingerprint density at radius 3 is 2.60 bits per heavy atom. The molecule has 130 valence electrons. The van der Waals surface area contributed by atoms with Crippen molar-refractivity contribution in [1.82, 2.24) is 5.43 Å². The lowest BCUT2D eigenvalue weighted by molar-refractivity contribution is -0.385. The van der Waals surface area contributed by atoms with Crippen LogP contribution in [0.5, 0.6) is 11.5 Å². The number of hydrazone groups is 1. The molecule has 1 N–H and O–H groups in total. The van der Waals surface area contributed by atoms with E-state index in [0.29, 0.717) is 22.6 Å². The van der Waals surface area contributed by atoms with Gasteiger partial charge in [0.2, 0.25) is 0 Å². The van der Waals surface area contributed by atoms with Crippen LogP contribution < -0.4 is 14.9 Å². The lowest BCUT2D eigenvalue weighted by atomic mass is 10.1. The summed E-state index contributed by atoms with van der Waals surface area (Å²) in [5.41, 5.74) is 3.69. The van der Waals surface area contributed by atoms with Gasteiger partial charge in [-0.2, -0.15) is 5.10 Å². The number of carbonyl (C=O) groups is 1. The van der Waals surface area contributed by atoms with E-state index in [9.17, 15) is 14.9 Å². The fraction of sp³-hybridized carbons (Fsp3) is 0.176. The van der Waals surface area contributed by atoms with Crippen LogP contribution in [0.25, 0.3) is 0 Å².